The lowest BCUT2D eigenvalue weighted by atomic mass is 9.96. The molecule has 0 bridgehead atoms. The number of nitrogens with zero attached hydrogens (tertiary/aromatic N) is 1. The van der Waals surface area contributed by atoms with E-state index in [4.69, 9.17) is 0 Å². The minimum absolute atomic E-state index is 0.0382. The van der Waals surface area contributed by atoms with Gasteiger partial charge in [0, 0.05) is 43.8 Å². The van der Waals surface area contributed by atoms with Crippen molar-refractivity contribution in [1.29, 1.82) is 0 Å². The molecule has 1 amide bonds. The summed E-state index contributed by atoms with van der Waals surface area (Å²) in [6.07, 6.45) is 2.03. The Morgan fingerprint density at radius 1 is 1.32 bits per heavy atom. The maximum Gasteiger partial charge on any atom is 0.225 e. The number of benzene rings is 1. The van der Waals surface area contributed by atoms with Crippen LogP contribution in [0.2, 0.25) is 0 Å². The molecule has 0 spiro atoms. The van der Waals surface area contributed by atoms with Crippen molar-refractivity contribution in [2.75, 3.05) is 19.7 Å². The van der Waals surface area contributed by atoms with Gasteiger partial charge in [-0.1, -0.05) is 12.1 Å². The molecule has 2 fully saturated rings. The summed E-state index contributed by atoms with van der Waals surface area (Å²) >= 11 is 0. The maximum absolute atomic E-state index is 13.7. The van der Waals surface area contributed by atoms with Crippen LogP contribution in [0.25, 0.3) is 0 Å². The summed E-state index contributed by atoms with van der Waals surface area (Å²) in [5.74, 6) is -2.19. The van der Waals surface area contributed by atoms with Gasteiger partial charge in [-0.15, -0.1) is 0 Å². The monoisotopic (exact) mass is 310 g/mol. The molecule has 1 aromatic rings. The van der Waals surface area contributed by atoms with E-state index in [1.807, 2.05) is 4.90 Å². The molecular weight excluding hydrogens is 290 g/mol. The van der Waals surface area contributed by atoms with Gasteiger partial charge in [-0.3, -0.25) is 9.69 Å². The lowest BCUT2D eigenvalue weighted by molar-refractivity contribution is -0.126. The Morgan fingerprint density at radius 2 is 2.09 bits per heavy atom. The third kappa shape index (κ3) is 3.28. The van der Waals surface area contributed by atoms with E-state index in [0.717, 1.165) is 18.9 Å². The van der Waals surface area contributed by atoms with Crippen LogP contribution in [0.4, 0.5) is 8.78 Å². The average molecular weight is 310 g/mol. The SMILES string of the molecule is O=C(NC1CC1)[C@@H]1CN(Cc2cccc(F)c2F)C[C@H]1CO. The van der Waals surface area contributed by atoms with Crippen LogP contribution in [-0.2, 0) is 11.3 Å². The normalized spacial score (nSPS) is 25.4. The van der Waals surface area contributed by atoms with Gasteiger partial charge < -0.3 is 10.4 Å². The van der Waals surface area contributed by atoms with Crippen LogP contribution in [0.3, 0.4) is 0 Å². The van der Waals surface area contributed by atoms with Gasteiger partial charge in [0.15, 0.2) is 11.6 Å². The van der Waals surface area contributed by atoms with E-state index in [1.54, 1.807) is 6.07 Å². The summed E-state index contributed by atoms with van der Waals surface area (Å²) in [5.41, 5.74) is 0.278. The number of amides is 1. The van der Waals surface area contributed by atoms with Crippen molar-refractivity contribution in [3.05, 3.63) is 35.4 Å². The molecule has 120 valence electrons. The summed E-state index contributed by atoms with van der Waals surface area (Å²) in [6, 6.07) is 4.39. The van der Waals surface area contributed by atoms with Crippen molar-refractivity contribution in [2.24, 2.45) is 11.8 Å². The average Bonchev–Trinajstić information content (AvgIpc) is 3.21. The molecule has 22 heavy (non-hydrogen) atoms. The number of carbonyl (C=O) groups excluding carboxylic acids is 1. The molecule has 2 N–H and O–H groups in total. The van der Waals surface area contributed by atoms with Gasteiger partial charge in [-0.25, -0.2) is 8.78 Å². The van der Waals surface area contributed by atoms with Gasteiger partial charge in [0.1, 0.15) is 0 Å². The summed E-state index contributed by atoms with van der Waals surface area (Å²) in [7, 11) is 0. The quantitative estimate of drug-likeness (QED) is 0.861. The van der Waals surface area contributed by atoms with Crippen molar-refractivity contribution in [2.45, 2.75) is 25.4 Å². The van der Waals surface area contributed by atoms with Crippen molar-refractivity contribution in [1.82, 2.24) is 10.2 Å². The fourth-order valence-corrected chi connectivity index (χ4v) is 3.02. The highest BCUT2D eigenvalue weighted by Crippen LogP contribution is 2.27. The Bertz CT molecular complexity index is 563. The first kappa shape index (κ1) is 15.4. The number of likely N-dealkylation sites (tertiary alicyclic amines) is 1. The third-order valence-corrected chi connectivity index (χ3v) is 4.44. The predicted molar refractivity (Wildman–Crippen MR) is 76.9 cm³/mol. The molecule has 2 atom stereocenters. The first-order valence-electron chi connectivity index (χ1n) is 7.65. The largest absolute Gasteiger partial charge is 0.396 e. The maximum atomic E-state index is 13.7. The summed E-state index contributed by atoms with van der Waals surface area (Å²) in [6.45, 7) is 1.13. The molecule has 1 saturated carbocycles. The third-order valence-electron chi connectivity index (χ3n) is 4.44. The second-order valence-electron chi connectivity index (χ2n) is 6.24. The molecule has 2 aliphatic rings. The minimum atomic E-state index is -0.863. The molecule has 1 heterocycles. The van der Waals surface area contributed by atoms with Gasteiger partial charge in [0.05, 0.1) is 5.92 Å². The van der Waals surface area contributed by atoms with Gasteiger partial charge in [-0.05, 0) is 18.9 Å². The fraction of sp³-hybridized carbons (Fsp3) is 0.562. The van der Waals surface area contributed by atoms with E-state index in [9.17, 15) is 18.7 Å². The topological polar surface area (TPSA) is 52.6 Å². The Hall–Kier alpha value is -1.53. The van der Waals surface area contributed by atoms with E-state index >= 15 is 0 Å². The molecular formula is C16H20F2N2O2. The van der Waals surface area contributed by atoms with E-state index in [1.165, 1.54) is 6.07 Å². The van der Waals surface area contributed by atoms with Crippen molar-refractivity contribution in [3.63, 3.8) is 0 Å². The lowest BCUT2D eigenvalue weighted by Gasteiger charge is -2.16. The highest BCUT2D eigenvalue weighted by Gasteiger charge is 2.39. The molecule has 6 heteroatoms. The second-order valence-corrected chi connectivity index (χ2v) is 6.24. The number of halogens is 2. The first-order valence-corrected chi connectivity index (χ1v) is 7.65. The van der Waals surface area contributed by atoms with Crippen LogP contribution in [0.1, 0.15) is 18.4 Å². The van der Waals surface area contributed by atoms with Crippen LogP contribution in [-0.4, -0.2) is 41.7 Å². The summed E-state index contributed by atoms with van der Waals surface area (Å²) in [5, 5.41) is 12.4. The van der Waals surface area contributed by atoms with Crippen LogP contribution in [0.15, 0.2) is 18.2 Å². The van der Waals surface area contributed by atoms with Crippen LogP contribution in [0.5, 0.6) is 0 Å². The van der Waals surface area contributed by atoms with E-state index < -0.39 is 11.6 Å². The molecule has 1 aliphatic carbocycles. The number of nitrogens with one attached hydrogen (secondary N) is 1. The smallest absolute Gasteiger partial charge is 0.225 e. The fourth-order valence-electron chi connectivity index (χ4n) is 3.02. The van der Waals surface area contributed by atoms with Gasteiger partial charge in [0.25, 0.3) is 0 Å². The molecule has 0 radical (unpaired) electrons. The molecule has 1 aromatic carbocycles. The van der Waals surface area contributed by atoms with E-state index in [-0.39, 0.29) is 42.5 Å². The number of aliphatic hydroxyl groups excluding tert-OH is 1. The minimum Gasteiger partial charge on any atom is -0.396 e. The van der Waals surface area contributed by atoms with Crippen LogP contribution in [0, 0.1) is 23.5 Å². The Balaban J connectivity index is 1.65. The Kier molecular flexibility index (Phi) is 4.40. The van der Waals surface area contributed by atoms with Gasteiger partial charge in [-0.2, -0.15) is 0 Å². The van der Waals surface area contributed by atoms with Crippen LogP contribution >= 0.6 is 0 Å². The molecule has 1 saturated heterocycles. The van der Waals surface area contributed by atoms with E-state index in [0.29, 0.717) is 13.1 Å². The number of carbonyl (C=O) groups is 1. The molecule has 1 aliphatic heterocycles. The Labute approximate surface area is 128 Å². The molecule has 3 rings (SSSR count). The van der Waals surface area contributed by atoms with Crippen molar-refractivity contribution >= 4 is 5.91 Å². The van der Waals surface area contributed by atoms with Crippen LogP contribution < -0.4 is 5.32 Å². The summed E-state index contributed by atoms with van der Waals surface area (Å²) in [4.78, 5) is 14.1. The highest BCUT2D eigenvalue weighted by molar-refractivity contribution is 5.80. The van der Waals surface area contributed by atoms with Crippen molar-refractivity contribution < 1.29 is 18.7 Å². The standard InChI is InChI=1S/C16H20F2N2O2/c17-14-3-1-2-10(15(14)18)6-20-7-11(9-21)13(8-20)16(22)19-12-4-5-12/h1-3,11-13,21H,4-9H2,(H,19,22)/t11-,13+/m0/s1. The number of rotatable bonds is 5. The Morgan fingerprint density at radius 3 is 2.77 bits per heavy atom. The zero-order valence-corrected chi connectivity index (χ0v) is 12.3. The zero-order chi connectivity index (χ0) is 15.7. The molecule has 0 aromatic heterocycles. The van der Waals surface area contributed by atoms with Gasteiger partial charge >= 0.3 is 0 Å². The lowest BCUT2D eigenvalue weighted by Crippen LogP contribution is -2.37. The molecule has 4 nitrogen and oxygen atoms in total. The van der Waals surface area contributed by atoms with Crippen molar-refractivity contribution in [3.8, 4) is 0 Å². The zero-order valence-electron chi connectivity index (χ0n) is 12.3. The van der Waals surface area contributed by atoms with Gasteiger partial charge in [0.2, 0.25) is 5.91 Å². The van der Waals surface area contributed by atoms with E-state index in [2.05, 4.69) is 5.32 Å². The number of aliphatic hydroxyl groups is 1. The second kappa shape index (κ2) is 6.30. The predicted octanol–water partition coefficient (Wildman–Crippen LogP) is 1.28. The highest BCUT2D eigenvalue weighted by atomic mass is 19.2. The first-order chi connectivity index (χ1) is 10.6. The summed E-state index contributed by atoms with van der Waals surface area (Å²) < 4.78 is 27.0. The number of hydrogen-bond donors (Lipinski definition) is 2. The number of hydrogen-bond acceptors (Lipinski definition) is 3. The molecule has 0 unspecified atom stereocenters.